The summed E-state index contributed by atoms with van der Waals surface area (Å²) in [5, 5.41) is 3.00. The Kier molecular flexibility index (Phi) is 6.13. The van der Waals surface area contributed by atoms with Crippen molar-refractivity contribution in [2.75, 3.05) is 0 Å². The molecule has 0 radical (unpaired) electrons. The van der Waals surface area contributed by atoms with Crippen LogP contribution >= 0.6 is 11.8 Å². The number of allylic oxidation sites excluding steroid dienone is 1. The second-order valence-electron chi connectivity index (χ2n) is 7.41. The lowest BCUT2D eigenvalue weighted by Crippen LogP contribution is -2.35. The molecule has 0 aromatic heterocycles. The third-order valence-electron chi connectivity index (χ3n) is 5.81. The zero-order chi connectivity index (χ0) is 18.6. The van der Waals surface area contributed by atoms with Crippen LogP contribution in [0.1, 0.15) is 56.7 Å². The van der Waals surface area contributed by atoms with Crippen molar-refractivity contribution in [3.8, 4) is 5.75 Å². The number of rotatable bonds is 7. The van der Waals surface area contributed by atoms with Crippen LogP contribution in [-0.4, -0.2) is 5.25 Å². The zero-order valence-corrected chi connectivity index (χ0v) is 17.2. The van der Waals surface area contributed by atoms with E-state index in [1.807, 2.05) is 17.8 Å². The molecule has 0 saturated carbocycles. The smallest absolute Gasteiger partial charge is 0.122 e. The van der Waals surface area contributed by atoms with Crippen molar-refractivity contribution >= 4 is 11.8 Å². The maximum absolute atomic E-state index is 6.08. The van der Waals surface area contributed by atoms with Crippen LogP contribution in [0.5, 0.6) is 5.75 Å². The molecule has 0 spiro atoms. The van der Waals surface area contributed by atoms with Crippen LogP contribution in [0.15, 0.2) is 59.5 Å². The third kappa shape index (κ3) is 3.86. The number of aryl methyl sites for hydroxylation is 1. The summed E-state index contributed by atoms with van der Waals surface area (Å²) < 4.78 is 6.08. The number of hydrogen-bond donors (Lipinski definition) is 0. The van der Waals surface area contributed by atoms with Crippen LogP contribution in [0.4, 0.5) is 0 Å². The van der Waals surface area contributed by atoms with E-state index in [0.29, 0.717) is 11.9 Å². The largest absolute Gasteiger partial charge is 0.489 e. The van der Waals surface area contributed by atoms with Crippen molar-refractivity contribution < 1.29 is 4.74 Å². The molecule has 0 saturated heterocycles. The van der Waals surface area contributed by atoms with E-state index < -0.39 is 0 Å². The van der Waals surface area contributed by atoms with E-state index in [-0.39, 0.29) is 5.41 Å². The van der Waals surface area contributed by atoms with Gasteiger partial charge in [0, 0.05) is 10.7 Å². The number of thioether (sulfide) groups is 1. The van der Waals surface area contributed by atoms with Crippen molar-refractivity contribution in [1.82, 2.24) is 0 Å². The van der Waals surface area contributed by atoms with Gasteiger partial charge in [-0.25, -0.2) is 0 Å². The van der Waals surface area contributed by atoms with E-state index in [4.69, 9.17) is 4.74 Å². The predicted molar refractivity (Wildman–Crippen MR) is 114 cm³/mol. The molecule has 0 fully saturated rings. The van der Waals surface area contributed by atoms with E-state index in [9.17, 15) is 0 Å². The maximum atomic E-state index is 6.08. The van der Waals surface area contributed by atoms with Gasteiger partial charge in [0.1, 0.15) is 12.4 Å². The first-order valence-corrected chi connectivity index (χ1v) is 10.6. The Balaban J connectivity index is 1.80. The fourth-order valence-electron chi connectivity index (χ4n) is 4.07. The first-order chi connectivity index (χ1) is 12.6. The van der Waals surface area contributed by atoms with Crippen LogP contribution in [0.3, 0.4) is 0 Å². The Hall–Kier alpha value is -1.67. The van der Waals surface area contributed by atoms with Gasteiger partial charge in [0.05, 0.1) is 0 Å². The standard InChI is InChI=1S/C24H30OS/c1-5-24(6-2,23-14-18(3)17-26-23)21-12-13-22(19(4)15-21)25-16-20-10-8-7-9-11-20/h7-13,15,17,23H,5-6,14,16H2,1-4H3. The molecule has 2 heteroatoms. The highest BCUT2D eigenvalue weighted by Gasteiger charge is 2.39. The van der Waals surface area contributed by atoms with Crippen molar-refractivity contribution in [3.05, 3.63) is 76.2 Å². The van der Waals surface area contributed by atoms with E-state index in [0.717, 1.165) is 5.75 Å². The molecule has 2 aromatic rings. The molecule has 1 nitrogen and oxygen atoms in total. The Morgan fingerprint density at radius 1 is 1.04 bits per heavy atom. The first kappa shape index (κ1) is 19.1. The summed E-state index contributed by atoms with van der Waals surface area (Å²) in [6, 6.07) is 17.2. The van der Waals surface area contributed by atoms with E-state index in [2.05, 4.69) is 75.6 Å². The van der Waals surface area contributed by atoms with Gasteiger partial charge in [-0.3, -0.25) is 0 Å². The summed E-state index contributed by atoms with van der Waals surface area (Å²) in [5.41, 5.74) is 5.66. The summed E-state index contributed by atoms with van der Waals surface area (Å²) in [6.07, 6.45) is 3.55. The lowest BCUT2D eigenvalue weighted by atomic mass is 9.71. The van der Waals surface area contributed by atoms with Gasteiger partial charge < -0.3 is 4.74 Å². The second kappa shape index (κ2) is 8.35. The minimum absolute atomic E-state index is 0.238. The van der Waals surface area contributed by atoms with Crippen LogP contribution in [-0.2, 0) is 12.0 Å². The average Bonchev–Trinajstić information content (AvgIpc) is 3.10. The molecule has 3 rings (SSSR count). The molecule has 0 amide bonds. The summed E-state index contributed by atoms with van der Waals surface area (Å²) in [6.45, 7) is 9.73. The third-order valence-corrected chi connectivity index (χ3v) is 7.29. The molecule has 1 unspecified atom stereocenters. The monoisotopic (exact) mass is 366 g/mol. The topological polar surface area (TPSA) is 9.23 Å². The molecule has 2 aromatic carbocycles. The van der Waals surface area contributed by atoms with Crippen molar-refractivity contribution in [2.45, 2.75) is 64.2 Å². The van der Waals surface area contributed by atoms with E-state index >= 15 is 0 Å². The average molecular weight is 367 g/mol. The lowest BCUT2D eigenvalue weighted by Gasteiger charge is -2.38. The Morgan fingerprint density at radius 3 is 2.35 bits per heavy atom. The van der Waals surface area contributed by atoms with Gasteiger partial charge in [0.2, 0.25) is 0 Å². The van der Waals surface area contributed by atoms with E-state index in [1.165, 1.54) is 41.5 Å². The minimum atomic E-state index is 0.238. The van der Waals surface area contributed by atoms with Crippen LogP contribution in [0, 0.1) is 6.92 Å². The first-order valence-electron chi connectivity index (χ1n) is 9.68. The quantitative estimate of drug-likeness (QED) is 0.519. The van der Waals surface area contributed by atoms with Crippen LogP contribution in [0.2, 0.25) is 0 Å². The summed E-state index contributed by atoms with van der Waals surface area (Å²) >= 11 is 2.03. The summed E-state index contributed by atoms with van der Waals surface area (Å²) in [5.74, 6) is 0.993. The second-order valence-corrected chi connectivity index (χ2v) is 8.49. The molecule has 1 heterocycles. The Labute approximate surface area is 162 Å². The van der Waals surface area contributed by atoms with Crippen molar-refractivity contribution in [1.29, 1.82) is 0 Å². The van der Waals surface area contributed by atoms with Gasteiger partial charge in [0.25, 0.3) is 0 Å². The Bertz CT molecular complexity index is 759. The van der Waals surface area contributed by atoms with Gasteiger partial charge in [-0.05, 0) is 61.3 Å². The van der Waals surface area contributed by atoms with Gasteiger partial charge in [-0.1, -0.05) is 61.9 Å². The van der Waals surface area contributed by atoms with Gasteiger partial charge >= 0.3 is 0 Å². The number of benzene rings is 2. The molecule has 1 aliphatic rings. The molecule has 1 aliphatic heterocycles. The highest BCUT2D eigenvalue weighted by molar-refractivity contribution is 8.03. The normalized spacial score (nSPS) is 17.2. The van der Waals surface area contributed by atoms with Crippen molar-refractivity contribution in [3.63, 3.8) is 0 Å². The number of ether oxygens (including phenoxy) is 1. The van der Waals surface area contributed by atoms with Gasteiger partial charge in [0.15, 0.2) is 0 Å². The summed E-state index contributed by atoms with van der Waals surface area (Å²) in [4.78, 5) is 0. The SMILES string of the molecule is CCC(CC)(c1ccc(OCc2ccccc2)c(C)c1)C1CC(C)=CS1. The fourth-order valence-corrected chi connectivity index (χ4v) is 5.65. The lowest BCUT2D eigenvalue weighted by molar-refractivity contribution is 0.303. The zero-order valence-electron chi connectivity index (χ0n) is 16.4. The minimum Gasteiger partial charge on any atom is -0.489 e. The highest BCUT2D eigenvalue weighted by atomic mass is 32.2. The predicted octanol–water partition coefficient (Wildman–Crippen LogP) is 7.04. The molecule has 0 N–H and O–H groups in total. The Morgan fingerprint density at radius 2 is 1.77 bits per heavy atom. The molecule has 1 atom stereocenters. The van der Waals surface area contributed by atoms with Gasteiger partial charge in [-0.2, -0.15) is 0 Å². The van der Waals surface area contributed by atoms with E-state index in [1.54, 1.807) is 0 Å². The molecule has 26 heavy (non-hydrogen) atoms. The molecular formula is C24H30OS. The highest BCUT2D eigenvalue weighted by Crippen LogP contribution is 2.48. The van der Waals surface area contributed by atoms with Crippen LogP contribution in [0.25, 0.3) is 0 Å². The molecule has 138 valence electrons. The molecule has 0 bridgehead atoms. The van der Waals surface area contributed by atoms with Gasteiger partial charge in [-0.15, -0.1) is 11.8 Å². The van der Waals surface area contributed by atoms with Crippen molar-refractivity contribution in [2.24, 2.45) is 0 Å². The number of hydrogen-bond acceptors (Lipinski definition) is 2. The van der Waals surface area contributed by atoms with Crippen LogP contribution < -0.4 is 4.74 Å². The maximum Gasteiger partial charge on any atom is 0.122 e. The molecule has 0 aliphatic carbocycles. The fraction of sp³-hybridized carbons (Fsp3) is 0.417. The summed E-state index contributed by atoms with van der Waals surface area (Å²) in [7, 11) is 0. The molecular weight excluding hydrogens is 336 g/mol.